The van der Waals surface area contributed by atoms with Gasteiger partial charge >= 0.3 is 5.63 Å². The highest BCUT2D eigenvalue weighted by Gasteiger charge is 2.12. The second-order valence-electron chi connectivity index (χ2n) is 3.81. The zero-order chi connectivity index (χ0) is 13.4. The highest BCUT2D eigenvalue weighted by atomic mass is 35.5. The summed E-state index contributed by atoms with van der Waals surface area (Å²) in [6, 6.07) is 8.23. The lowest BCUT2D eigenvalue weighted by atomic mass is 10.2. The number of nitrogens with zero attached hydrogens (tertiary/aromatic N) is 2. The third kappa shape index (κ3) is 2.20. The minimum Gasteiger partial charge on any atom is -0.401 e. The molecule has 0 amide bonds. The lowest BCUT2D eigenvalue weighted by Gasteiger charge is -2.02. The third-order valence-electron chi connectivity index (χ3n) is 2.53. The first kappa shape index (κ1) is 12.1. The summed E-state index contributed by atoms with van der Waals surface area (Å²) in [7, 11) is 0. The Labute approximate surface area is 117 Å². The standard InChI is InChI=1S/C13H6Cl2N2O2/c14-7-5-8-11(9(15)6-7)17-12(19-13(8)18)10-3-1-2-4-16-10/h1-6H. The van der Waals surface area contributed by atoms with E-state index in [-0.39, 0.29) is 11.3 Å². The van der Waals surface area contributed by atoms with Gasteiger partial charge in [-0.3, -0.25) is 4.98 Å². The molecule has 2 heterocycles. The van der Waals surface area contributed by atoms with Gasteiger partial charge in [0.15, 0.2) is 0 Å². The number of hydrogen-bond acceptors (Lipinski definition) is 4. The van der Waals surface area contributed by atoms with Gasteiger partial charge in [0.2, 0.25) is 5.89 Å². The van der Waals surface area contributed by atoms with Crippen LogP contribution < -0.4 is 5.63 Å². The van der Waals surface area contributed by atoms with Crippen molar-refractivity contribution in [2.75, 3.05) is 0 Å². The zero-order valence-electron chi connectivity index (χ0n) is 9.43. The van der Waals surface area contributed by atoms with Crippen molar-refractivity contribution in [1.29, 1.82) is 0 Å². The molecule has 0 unspecified atom stereocenters. The van der Waals surface area contributed by atoms with Crippen molar-refractivity contribution in [3.63, 3.8) is 0 Å². The highest BCUT2D eigenvalue weighted by Crippen LogP contribution is 2.26. The minimum atomic E-state index is -0.546. The first-order chi connectivity index (χ1) is 9.15. The molecule has 0 N–H and O–H groups in total. The van der Waals surface area contributed by atoms with Crippen LogP contribution in [-0.4, -0.2) is 9.97 Å². The molecule has 4 nitrogen and oxygen atoms in total. The predicted octanol–water partition coefficient (Wildman–Crippen LogP) is 3.56. The first-order valence-corrected chi connectivity index (χ1v) is 6.12. The first-order valence-electron chi connectivity index (χ1n) is 5.36. The van der Waals surface area contributed by atoms with Gasteiger partial charge in [-0.2, -0.15) is 0 Å². The van der Waals surface area contributed by atoms with Gasteiger partial charge in [0, 0.05) is 11.2 Å². The van der Waals surface area contributed by atoms with Gasteiger partial charge < -0.3 is 4.42 Å². The predicted molar refractivity (Wildman–Crippen MR) is 73.5 cm³/mol. The number of fused-ring (bicyclic) bond motifs is 1. The number of halogens is 2. The SMILES string of the molecule is O=c1oc(-c2ccccn2)nc2c(Cl)cc(Cl)cc12. The topological polar surface area (TPSA) is 56.0 Å². The molecule has 0 atom stereocenters. The van der Waals surface area contributed by atoms with Crippen LogP contribution in [0.1, 0.15) is 0 Å². The Kier molecular flexibility index (Phi) is 2.97. The number of pyridine rings is 1. The van der Waals surface area contributed by atoms with Crippen molar-refractivity contribution in [2.45, 2.75) is 0 Å². The summed E-state index contributed by atoms with van der Waals surface area (Å²) in [4.78, 5) is 20.2. The number of benzene rings is 1. The van der Waals surface area contributed by atoms with Gasteiger partial charge in [0.25, 0.3) is 0 Å². The normalized spacial score (nSPS) is 10.8. The second-order valence-corrected chi connectivity index (χ2v) is 4.65. The molecule has 0 spiro atoms. The number of aromatic nitrogens is 2. The average molecular weight is 293 g/mol. The fraction of sp³-hybridized carbons (Fsp3) is 0. The van der Waals surface area contributed by atoms with Crippen LogP contribution in [0.15, 0.2) is 45.7 Å². The maximum atomic E-state index is 11.9. The molecule has 19 heavy (non-hydrogen) atoms. The van der Waals surface area contributed by atoms with E-state index in [9.17, 15) is 4.79 Å². The van der Waals surface area contributed by atoms with Crippen molar-refractivity contribution < 1.29 is 4.42 Å². The van der Waals surface area contributed by atoms with Gasteiger partial charge in [0.1, 0.15) is 11.2 Å². The van der Waals surface area contributed by atoms with Crippen LogP contribution in [0.2, 0.25) is 10.0 Å². The van der Waals surface area contributed by atoms with Crippen LogP contribution in [-0.2, 0) is 0 Å². The van der Waals surface area contributed by atoms with Gasteiger partial charge in [0.05, 0.1) is 10.4 Å². The van der Waals surface area contributed by atoms with Crippen LogP contribution in [0.3, 0.4) is 0 Å². The largest absolute Gasteiger partial charge is 0.401 e. The molecule has 2 aromatic heterocycles. The van der Waals surface area contributed by atoms with Crippen LogP contribution in [0.25, 0.3) is 22.5 Å². The van der Waals surface area contributed by atoms with Crippen molar-refractivity contribution >= 4 is 34.1 Å². The van der Waals surface area contributed by atoms with Gasteiger partial charge in [-0.1, -0.05) is 29.3 Å². The summed E-state index contributed by atoms with van der Waals surface area (Å²) in [5, 5.41) is 0.905. The van der Waals surface area contributed by atoms with Crippen molar-refractivity contribution in [3.8, 4) is 11.6 Å². The Morgan fingerprint density at radius 1 is 1.16 bits per heavy atom. The fourth-order valence-corrected chi connectivity index (χ4v) is 2.24. The van der Waals surface area contributed by atoms with Crippen LogP contribution in [0.5, 0.6) is 0 Å². The van der Waals surface area contributed by atoms with Crippen LogP contribution >= 0.6 is 23.2 Å². The molecule has 3 aromatic rings. The molecule has 0 aliphatic rings. The molecule has 0 aliphatic carbocycles. The Morgan fingerprint density at radius 2 is 2.00 bits per heavy atom. The summed E-state index contributed by atoms with van der Waals surface area (Å²) < 4.78 is 5.14. The molecule has 0 saturated heterocycles. The molecule has 0 radical (unpaired) electrons. The molecule has 0 fully saturated rings. The van der Waals surface area contributed by atoms with E-state index in [4.69, 9.17) is 27.6 Å². The zero-order valence-corrected chi connectivity index (χ0v) is 10.9. The monoisotopic (exact) mass is 292 g/mol. The lowest BCUT2D eigenvalue weighted by Crippen LogP contribution is -2.03. The molecule has 0 saturated carbocycles. The van der Waals surface area contributed by atoms with E-state index < -0.39 is 5.63 Å². The summed E-state index contributed by atoms with van der Waals surface area (Å²) >= 11 is 11.9. The molecule has 0 bridgehead atoms. The van der Waals surface area contributed by atoms with Crippen LogP contribution in [0.4, 0.5) is 0 Å². The van der Waals surface area contributed by atoms with E-state index in [0.717, 1.165) is 0 Å². The third-order valence-corrected chi connectivity index (χ3v) is 3.04. The number of rotatable bonds is 1. The van der Waals surface area contributed by atoms with Crippen LogP contribution in [0, 0.1) is 0 Å². The van der Waals surface area contributed by atoms with E-state index in [2.05, 4.69) is 9.97 Å². The molecule has 6 heteroatoms. The molecule has 1 aromatic carbocycles. The summed E-state index contributed by atoms with van der Waals surface area (Å²) in [5.74, 6) is 0.127. The number of hydrogen-bond donors (Lipinski definition) is 0. The molecule has 3 rings (SSSR count). The van der Waals surface area contributed by atoms with E-state index in [1.807, 2.05) is 0 Å². The van der Waals surface area contributed by atoms with E-state index in [1.54, 1.807) is 24.4 Å². The second kappa shape index (κ2) is 4.64. The minimum absolute atomic E-state index is 0.127. The fourth-order valence-electron chi connectivity index (χ4n) is 1.70. The Morgan fingerprint density at radius 3 is 2.74 bits per heavy atom. The van der Waals surface area contributed by atoms with Crippen molar-refractivity contribution in [3.05, 3.63) is 57.0 Å². The maximum Gasteiger partial charge on any atom is 0.347 e. The Bertz CT molecular complexity index is 816. The van der Waals surface area contributed by atoms with Gasteiger partial charge in [-0.25, -0.2) is 9.78 Å². The average Bonchev–Trinajstić information content (AvgIpc) is 2.41. The quantitative estimate of drug-likeness (QED) is 0.688. The molecule has 94 valence electrons. The summed E-state index contributed by atoms with van der Waals surface area (Å²) in [6.45, 7) is 0. The van der Waals surface area contributed by atoms with Crippen molar-refractivity contribution in [2.24, 2.45) is 0 Å². The van der Waals surface area contributed by atoms with E-state index in [1.165, 1.54) is 12.1 Å². The molecule has 0 aliphatic heterocycles. The smallest absolute Gasteiger partial charge is 0.347 e. The highest BCUT2D eigenvalue weighted by molar-refractivity contribution is 6.38. The summed E-state index contributed by atoms with van der Waals surface area (Å²) in [5.41, 5.74) is 0.269. The molecular formula is C13H6Cl2N2O2. The molecular weight excluding hydrogens is 287 g/mol. The van der Waals surface area contributed by atoms with Crippen molar-refractivity contribution in [1.82, 2.24) is 9.97 Å². The van der Waals surface area contributed by atoms with E-state index in [0.29, 0.717) is 21.3 Å². The Hall–Kier alpha value is -1.91. The maximum absolute atomic E-state index is 11.9. The van der Waals surface area contributed by atoms with Gasteiger partial charge in [-0.15, -0.1) is 0 Å². The lowest BCUT2D eigenvalue weighted by molar-refractivity contribution is 0.516. The summed E-state index contributed by atoms with van der Waals surface area (Å²) in [6.07, 6.45) is 1.59. The van der Waals surface area contributed by atoms with Gasteiger partial charge in [-0.05, 0) is 24.3 Å². The van der Waals surface area contributed by atoms with E-state index >= 15 is 0 Å². The Balaban J connectivity index is 2.34.